The number of nitrogens with one attached hydrogen (secondary N) is 1. The average Bonchev–Trinajstić information content (AvgIpc) is 3.22. The van der Waals surface area contributed by atoms with E-state index < -0.39 is 0 Å². The molecule has 2 rings (SSSR count). The zero-order valence-corrected chi connectivity index (χ0v) is 12.1. The van der Waals surface area contributed by atoms with Crippen LogP contribution in [0.3, 0.4) is 0 Å². The Balaban J connectivity index is 1.84. The number of benzene rings is 1. The fourth-order valence-corrected chi connectivity index (χ4v) is 2.05. The summed E-state index contributed by atoms with van der Waals surface area (Å²) in [5, 5.41) is 3.54. The topological polar surface area (TPSA) is 30.5 Å². The molecule has 0 heterocycles. The molecular formula is C16H25NO2. The van der Waals surface area contributed by atoms with Crippen LogP contribution in [0.1, 0.15) is 37.3 Å². The zero-order valence-electron chi connectivity index (χ0n) is 12.1. The van der Waals surface area contributed by atoms with E-state index in [4.69, 9.17) is 9.47 Å². The number of aryl methyl sites for hydroxylation is 1. The Kier molecular flexibility index (Phi) is 5.67. The summed E-state index contributed by atoms with van der Waals surface area (Å²) < 4.78 is 11.4. The van der Waals surface area contributed by atoms with Crippen molar-refractivity contribution >= 4 is 0 Å². The van der Waals surface area contributed by atoms with Gasteiger partial charge in [0.1, 0.15) is 12.4 Å². The highest BCUT2D eigenvalue weighted by molar-refractivity contribution is 5.40. The molecule has 3 heteroatoms. The summed E-state index contributed by atoms with van der Waals surface area (Å²) in [5.74, 6) is 1.02. The predicted octanol–water partition coefficient (Wildman–Crippen LogP) is 3.05. The highest BCUT2D eigenvalue weighted by atomic mass is 16.5. The lowest BCUT2D eigenvalue weighted by molar-refractivity contribution is 0.1000. The maximum absolute atomic E-state index is 5.90. The van der Waals surface area contributed by atoms with E-state index in [-0.39, 0.29) is 0 Å². The lowest BCUT2D eigenvalue weighted by atomic mass is 10.1. The van der Waals surface area contributed by atoms with Crippen molar-refractivity contribution in [1.29, 1.82) is 0 Å². The molecule has 0 unspecified atom stereocenters. The van der Waals surface area contributed by atoms with Gasteiger partial charge in [0.25, 0.3) is 0 Å². The van der Waals surface area contributed by atoms with E-state index in [1.54, 1.807) is 0 Å². The molecule has 0 atom stereocenters. The molecule has 1 fully saturated rings. The molecule has 106 valence electrons. The molecule has 0 amide bonds. The van der Waals surface area contributed by atoms with Gasteiger partial charge in [0.05, 0.1) is 6.61 Å². The molecule has 0 aliphatic heterocycles. The standard InChI is InChI=1S/C16H25NO2/c1-3-9-18-10-11-19-16-13(2)5-4-6-14(16)12-17-15-7-8-15/h4-6,15,17H,3,7-12H2,1-2H3. The van der Waals surface area contributed by atoms with Gasteiger partial charge in [-0.05, 0) is 31.7 Å². The second kappa shape index (κ2) is 7.51. The number of para-hydroxylation sites is 1. The minimum atomic E-state index is 0.626. The molecular weight excluding hydrogens is 238 g/mol. The molecule has 0 saturated heterocycles. The first kappa shape index (κ1) is 14.4. The Morgan fingerprint density at radius 1 is 1.21 bits per heavy atom. The fraction of sp³-hybridized carbons (Fsp3) is 0.625. The van der Waals surface area contributed by atoms with Gasteiger partial charge in [0, 0.05) is 24.8 Å². The summed E-state index contributed by atoms with van der Waals surface area (Å²) in [6, 6.07) is 7.06. The van der Waals surface area contributed by atoms with Crippen LogP contribution in [-0.4, -0.2) is 25.9 Å². The number of hydrogen-bond donors (Lipinski definition) is 1. The first-order valence-corrected chi connectivity index (χ1v) is 7.33. The number of hydrogen-bond acceptors (Lipinski definition) is 3. The third kappa shape index (κ3) is 4.84. The van der Waals surface area contributed by atoms with Gasteiger partial charge in [-0.25, -0.2) is 0 Å². The summed E-state index contributed by atoms with van der Waals surface area (Å²) in [6.45, 7) is 7.22. The quantitative estimate of drug-likeness (QED) is 0.695. The SMILES string of the molecule is CCCOCCOc1c(C)cccc1CNC1CC1. The molecule has 1 aromatic carbocycles. The fourth-order valence-electron chi connectivity index (χ4n) is 2.05. The highest BCUT2D eigenvalue weighted by Gasteiger charge is 2.20. The van der Waals surface area contributed by atoms with Crippen LogP contribution in [0, 0.1) is 6.92 Å². The van der Waals surface area contributed by atoms with Crippen LogP contribution >= 0.6 is 0 Å². The van der Waals surface area contributed by atoms with Gasteiger partial charge < -0.3 is 14.8 Å². The van der Waals surface area contributed by atoms with Crippen molar-refractivity contribution in [3.05, 3.63) is 29.3 Å². The van der Waals surface area contributed by atoms with E-state index >= 15 is 0 Å². The molecule has 1 N–H and O–H groups in total. The smallest absolute Gasteiger partial charge is 0.126 e. The third-order valence-electron chi connectivity index (χ3n) is 3.27. The molecule has 3 nitrogen and oxygen atoms in total. The maximum atomic E-state index is 5.90. The van der Waals surface area contributed by atoms with Crippen molar-refractivity contribution in [2.45, 2.75) is 45.7 Å². The van der Waals surface area contributed by atoms with Gasteiger partial charge in [-0.2, -0.15) is 0 Å². The van der Waals surface area contributed by atoms with Crippen molar-refractivity contribution in [3.63, 3.8) is 0 Å². The Bertz CT molecular complexity index is 388. The molecule has 1 aliphatic rings. The van der Waals surface area contributed by atoms with E-state index in [0.717, 1.165) is 31.4 Å². The number of ether oxygens (including phenoxy) is 2. The van der Waals surface area contributed by atoms with Crippen LogP contribution < -0.4 is 10.1 Å². The van der Waals surface area contributed by atoms with Crippen molar-refractivity contribution in [3.8, 4) is 5.75 Å². The average molecular weight is 263 g/mol. The second-order valence-electron chi connectivity index (χ2n) is 5.18. The summed E-state index contributed by atoms with van der Waals surface area (Å²) in [5.41, 5.74) is 2.45. The summed E-state index contributed by atoms with van der Waals surface area (Å²) in [6.07, 6.45) is 3.68. The Labute approximate surface area is 116 Å². The monoisotopic (exact) mass is 263 g/mol. The largest absolute Gasteiger partial charge is 0.491 e. The molecule has 0 bridgehead atoms. The third-order valence-corrected chi connectivity index (χ3v) is 3.27. The van der Waals surface area contributed by atoms with Crippen LogP contribution in [0.4, 0.5) is 0 Å². The molecule has 1 aromatic rings. The van der Waals surface area contributed by atoms with Crippen molar-refractivity contribution < 1.29 is 9.47 Å². The highest BCUT2D eigenvalue weighted by Crippen LogP contribution is 2.25. The van der Waals surface area contributed by atoms with Gasteiger partial charge in [-0.15, -0.1) is 0 Å². The molecule has 1 saturated carbocycles. The van der Waals surface area contributed by atoms with Crippen molar-refractivity contribution in [1.82, 2.24) is 5.32 Å². The molecule has 19 heavy (non-hydrogen) atoms. The van der Waals surface area contributed by atoms with Crippen LogP contribution in [0.15, 0.2) is 18.2 Å². The van der Waals surface area contributed by atoms with Gasteiger partial charge >= 0.3 is 0 Å². The maximum Gasteiger partial charge on any atom is 0.126 e. The minimum absolute atomic E-state index is 0.626. The predicted molar refractivity (Wildman–Crippen MR) is 77.6 cm³/mol. The molecule has 0 aromatic heterocycles. The first-order valence-electron chi connectivity index (χ1n) is 7.33. The van der Waals surface area contributed by atoms with Crippen LogP contribution in [-0.2, 0) is 11.3 Å². The minimum Gasteiger partial charge on any atom is -0.491 e. The summed E-state index contributed by atoms with van der Waals surface area (Å²) in [7, 11) is 0. The number of rotatable bonds is 9. The van der Waals surface area contributed by atoms with E-state index in [2.05, 4.69) is 37.4 Å². The van der Waals surface area contributed by atoms with Crippen LogP contribution in [0.5, 0.6) is 5.75 Å². The van der Waals surface area contributed by atoms with E-state index in [0.29, 0.717) is 13.2 Å². The van der Waals surface area contributed by atoms with E-state index in [1.807, 2.05) is 0 Å². The van der Waals surface area contributed by atoms with Gasteiger partial charge in [-0.1, -0.05) is 25.1 Å². The van der Waals surface area contributed by atoms with Crippen LogP contribution in [0.25, 0.3) is 0 Å². The zero-order chi connectivity index (χ0) is 13.5. The molecule has 0 spiro atoms. The Hall–Kier alpha value is -1.06. The van der Waals surface area contributed by atoms with Gasteiger partial charge in [0.2, 0.25) is 0 Å². The van der Waals surface area contributed by atoms with Crippen molar-refractivity contribution in [2.24, 2.45) is 0 Å². The van der Waals surface area contributed by atoms with E-state index in [1.165, 1.54) is 24.0 Å². The summed E-state index contributed by atoms with van der Waals surface area (Å²) >= 11 is 0. The lowest BCUT2D eigenvalue weighted by Crippen LogP contribution is -2.17. The van der Waals surface area contributed by atoms with Gasteiger partial charge in [0.15, 0.2) is 0 Å². The molecule has 0 radical (unpaired) electrons. The van der Waals surface area contributed by atoms with Crippen molar-refractivity contribution in [2.75, 3.05) is 19.8 Å². The molecule has 1 aliphatic carbocycles. The normalized spacial score (nSPS) is 14.6. The van der Waals surface area contributed by atoms with Crippen LogP contribution in [0.2, 0.25) is 0 Å². The van der Waals surface area contributed by atoms with E-state index in [9.17, 15) is 0 Å². The Morgan fingerprint density at radius 2 is 2.05 bits per heavy atom. The summed E-state index contributed by atoms with van der Waals surface area (Å²) in [4.78, 5) is 0. The first-order chi connectivity index (χ1) is 9.31. The lowest BCUT2D eigenvalue weighted by Gasteiger charge is -2.14. The van der Waals surface area contributed by atoms with Gasteiger partial charge in [-0.3, -0.25) is 0 Å². The Morgan fingerprint density at radius 3 is 2.79 bits per heavy atom. The second-order valence-corrected chi connectivity index (χ2v) is 5.18.